The third-order valence-electron chi connectivity index (χ3n) is 6.87. The minimum absolute atomic E-state index is 0.0457. The van der Waals surface area contributed by atoms with E-state index in [2.05, 4.69) is 11.1 Å². The van der Waals surface area contributed by atoms with Gasteiger partial charge in [-0.25, -0.2) is 0 Å². The largest absolute Gasteiger partial charge is 0.507 e. The van der Waals surface area contributed by atoms with Crippen molar-refractivity contribution in [2.24, 2.45) is 0 Å². The Bertz CT molecular complexity index is 1550. The molecule has 0 saturated carbocycles. The van der Waals surface area contributed by atoms with Crippen molar-refractivity contribution in [2.45, 2.75) is 19.4 Å². The van der Waals surface area contributed by atoms with E-state index < -0.39 is 0 Å². The Hall–Kier alpha value is -4.52. The molecule has 0 fully saturated rings. The quantitative estimate of drug-likeness (QED) is 0.317. The first-order valence-electron chi connectivity index (χ1n) is 11.8. The van der Waals surface area contributed by atoms with Crippen molar-refractivity contribution in [1.29, 1.82) is 0 Å². The zero-order valence-corrected chi connectivity index (χ0v) is 19.7. The van der Waals surface area contributed by atoms with E-state index in [-0.39, 0.29) is 30.3 Å². The number of hydrogen-bond acceptors (Lipinski definition) is 5. The SMILES string of the molecule is CC(=O)c1ccc(C=CC(=O)N2CCc3c([nH]c4ccccc34)C2c2ccc3c(c2)OCO3)c(O)c1. The molecule has 7 heteroatoms. The molecule has 2 N–H and O–H groups in total. The number of hydrogen-bond donors (Lipinski definition) is 2. The number of para-hydroxylation sites is 1. The van der Waals surface area contributed by atoms with E-state index in [9.17, 15) is 14.7 Å². The van der Waals surface area contributed by atoms with Crippen LogP contribution >= 0.6 is 0 Å². The molecule has 0 bridgehead atoms. The van der Waals surface area contributed by atoms with Gasteiger partial charge < -0.3 is 24.5 Å². The molecule has 0 spiro atoms. The van der Waals surface area contributed by atoms with Crippen molar-refractivity contribution in [1.82, 2.24) is 9.88 Å². The van der Waals surface area contributed by atoms with E-state index in [4.69, 9.17) is 9.47 Å². The molecule has 1 amide bonds. The maximum absolute atomic E-state index is 13.5. The summed E-state index contributed by atoms with van der Waals surface area (Å²) < 4.78 is 11.1. The first-order valence-corrected chi connectivity index (χ1v) is 11.8. The highest BCUT2D eigenvalue weighted by Crippen LogP contribution is 2.42. The van der Waals surface area contributed by atoms with Gasteiger partial charge in [0.05, 0.1) is 6.04 Å². The Balaban J connectivity index is 1.39. The molecule has 0 aliphatic carbocycles. The summed E-state index contributed by atoms with van der Waals surface area (Å²) in [6.07, 6.45) is 3.77. The molecule has 2 aliphatic heterocycles. The smallest absolute Gasteiger partial charge is 0.247 e. The lowest BCUT2D eigenvalue weighted by Gasteiger charge is -2.35. The van der Waals surface area contributed by atoms with E-state index in [0.717, 1.165) is 28.6 Å². The number of Topliss-reactive ketones (excluding diaryl/α,β-unsaturated/α-hetero) is 1. The molecule has 2 aliphatic rings. The number of aromatic nitrogens is 1. The van der Waals surface area contributed by atoms with Crippen LogP contribution in [0.5, 0.6) is 17.2 Å². The van der Waals surface area contributed by atoms with Crippen molar-refractivity contribution in [3.63, 3.8) is 0 Å². The van der Waals surface area contributed by atoms with E-state index in [0.29, 0.717) is 29.2 Å². The van der Waals surface area contributed by atoms with Crippen LogP contribution in [0.3, 0.4) is 0 Å². The number of rotatable bonds is 4. The summed E-state index contributed by atoms with van der Waals surface area (Å²) in [6, 6.07) is 18.3. The zero-order valence-electron chi connectivity index (χ0n) is 19.7. The van der Waals surface area contributed by atoms with Gasteiger partial charge in [-0.3, -0.25) is 9.59 Å². The van der Waals surface area contributed by atoms with Gasteiger partial charge in [0.2, 0.25) is 12.7 Å². The maximum atomic E-state index is 13.5. The normalized spacial score (nSPS) is 16.5. The second-order valence-electron chi connectivity index (χ2n) is 9.02. The monoisotopic (exact) mass is 480 g/mol. The van der Waals surface area contributed by atoms with Crippen LogP contribution in [0.4, 0.5) is 0 Å². The molecule has 1 unspecified atom stereocenters. The van der Waals surface area contributed by atoms with Gasteiger partial charge >= 0.3 is 0 Å². The number of H-pyrrole nitrogens is 1. The van der Waals surface area contributed by atoms with E-state index >= 15 is 0 Å². The van der Waals surface area contributed by atoms with Crippen LogP contribution in [0, 0.1) is 0 Å². The topological polar surface area (TPSA) is 91.9 Å². The Labute approximate surface area is 207 Å². The van der Waals surface area contributed by atoms with Gasteiger partial charge in [0.1, 0.15) is 5.75 Å². The number of ketones is 1. The lowest BCUT2D eigenvalue weighted by atomic mass is 9.92. The standard InChI is InChI=1S/C29H24N2O5/c1-17(32)19-7-6-18(24(33)14-19)9-11-27(34)31-13-12-22-21-4-2-3-5-23(21)30-28(22)29(31)20-8-10-25-26(15-20)36-16-35-25/h2-11,14-15,29-30,33H,12-13,16H2,1H3. The number of phenolic OH excluding ortho intramolecular Hbond substituents is 1. The molecular weight excluding hydrogens is 456 g/mol. The highest BCUT2D eigenvalue weighted by molar-refractivity contribution is 5.96. The van der Waals surface area contributed by atoms with Crippen molar-refractivity contribution in [2.75, 3.05) is 13.3 Å². The fourth-order valence-electron chi connectivity index (χ4n) is 5.07. The van der Waals surface area contributed by atoms with Crippen LogP contribution in [0.15, 0.2) is 66.7 Å². The molecule has 3 heterocycles. The van der Waals surface area contributed by atoms with E-state index in [1.54, 1.807) is 18.2 Å². The predicted molar refractivity (Wildman–Crippen MR) is 135 cm³/mol. The number of phenols is 1. The van der Waals surface area contributed by atoms with Crippen LogP contribution in [-0.2, 0) is 11.2 Å². The molecule has 7 nitrogen and oxygen atoms in total. The first kappa shape index (κ1) is 22.0. The van der Waals surface area contributed by atoms with Crippen molar-refractivity contribution in [3.05, 3.63) is 94.7 Å². The molecule has 4 aromatic rings. The summed E-state index contributed by atoms with van der Waals surface area (Å²) in [5.74, 6) is 0.987. The van der Waals surface area contributed by atoms with Gasteiger partial charge in [0.25, 0.3) is 0 Å². The van der Waals surface area contributed by atoms with Crippen LogP contribution in [-0.4, -0.2) is 40.0 Å². The molecule has 1 atom stereocenters. The Kier molecular flexibility index (Phi) is 5.25. The van der Waals surface area contributed by atoms with Crippen molar-refractivity contribution >= 4 is 28.7 Å². The summed E-state index contributed by atoms with van der Waals surface area (Å²) in [5.41, 5.74) is 5.03. The molecule has 6 rings (SSSR count). The number of carbonyl (C=O) groups is 2. The third-order valence-corrected chi connectivity index (χ3v) is 6.87. The summed E-state index contributed by atoms with van der Waals surface area (Å²) >= 11 is 0. The van der Waals surface area contributed by atoms with Crippen LogP contribution in [0.2, 0.25) is 0 Å². The summed E-state index contributed by atoms with van der Waals surface area (Å²) in [6.45, 7) is 2.16. The Morgan fingerprint density at radius 1 is 1.06 bits per heavy atom. The number of benzene rings is 3. The van der Waals surface area contributed by atoms with E-state index in [1.807, 2.05) is 41.3 Å². The average Bonchev–Trinajstić information content (AvgIpc) is 3.51. The number of amides is 1. The molecule has 180 valence electrons. The Morgan fingerprint density at radius 3 is 2.72 bits per heavy atom. The molecular formula is C29H24N2O5. The van der Waals surface area contributed by atoms with E-state index in [1.165, 1.54) is 24.6 Å². The number of nitrogens with one attached hydrogen (secondary N) is 1. The molecule has 3 aromatic carbocycles. The lowest BCUT2D eigenvalue weighted by molar-refractivity contribution is -0.128. The highest BCUT2D eigenvalue weighted by atomic mass is 16.7. The lowest BCUT2D eigenvalue weighted by Crippen LogP contribution is -2.39. The number of ether oxygens (including phenoxy) is 2. The van der Waals surface area contributed by atoms with Gasteiger partial charge in [0, 0.05) is 40.3 Å². The van der Waals surface area contributed by atoms with Crippen LogP contribution in [0.1, 0.15) is 45.7 Å². The fourth-order valence-corrected chi connectivity index (χ4v) is 5.07. The molecule has 0 radical (unpaired) electrons. The summed E-state index contributed by atoms with van der Waals surface area (Å²) in [5, 5.41) is 11.5. The predicted octanol–water partition coefficient (Wildman–Crippen LogP) is 4.99. The van der Waals surface area contributed by atoms with Crippen LogP contribution in [0.25, 0.3) is 17.0 Å². The molecule has 0 saturated heterocycles. The van der Waals surface area contributed by atoms with Crippen molar-refractivity contribution in [3.8, 4) is 17.2 Å². The molecule has 36 heavy (non-hydrogen) atoms. The second kappa shape index (κ2) is 8.61. The fraction of sp³-hybridized carbons (Fsp3) is 0.172. The first-order chi connectivity index (χ1) is 17.5. The minimum atomic E-state index is -0.346. The summed E-state index contributed by atoms with van der Waals surface area (Å²) in [4.78, 5) is 30.5. The zero-order chi connectivity index (χ0) is 24.8. The number of fused-ring (bicyclic) bond motifs is 4. The number of carbonyl (C=O) groups excluding carboxylic acids is 2. The van der Waals surface area contributed by atoms with Gasteiger partial charge in [-0.2, -0.15) is 0 Å². The number of nitrogens with zero attached hydrogens (tertiary/aromatic N) is 1. The second-order valence-corrected chi connectivity index (χ2v) is 9.02. The minimum Gasteiger partial charge on any atom is -0.507 e. The van der Waals surface area contributed by atoms with Gasteiger partial charge in [-0.15, -0.1) is 0 Å². The maximum Gasteiger partial charge on any atom is 0.247 e. The van der Waals surface area contributed by atoms with Gasteiger partial charge in [-0.1, -0.05) is 36.4 Å². The molecule has 1 aromatic heterocycles. The average molecular weight is 481 g/mol. The number of aromatic amines is 1. The third kappa shape index (κ3) is 3.69. The Morgan fingerprint density at radius 2 is 1.89 bits per heavy atom. The number of aromatic hydroxyl groups is 1. The van der Waals surface area contributed by atoms with Crippen LogP contribution < -0.4 is 9.47 Å². The van der Waals surface area contributed by atoms with Gasteiger partial charge in [0.15, 0.2) is 17.3 Å². The summed E-state index contributed by atoms with van der Waals surface area (Å²) in [7, 11) is 0. The van der Waals surface area contributed by atoms with Gasteiger partial charge in [-0.05, 0) is 54.8 Å². The highest BCUT2D eigenvalue weighted by Gasteiger charge is 2.34. The van der Waals surface area contributed by atoms with Crippen molar-refractivity contribution < 1.29 is 24.2 Å².